The summed E-state index contributed by atoms with van der Waals surface area (Å²) in [4.78, 5) is 0. The Balaban J connectivity index is 2.67. The van der Waals surface area contributed by atoms with E-state index in [9.17, 15) is 5.21 Å². The Kier molecular flexibility index (Phi) is 2.00. The molecule has 0 aromatic carbocycles. The molecule has 1 aliphatic rings. The Morgan fingerprint density at radius 2 is 2.25 bits per heavy atom. The lowest BCUT2D eigenvalue weighted by molar-refractivity contribution is -0.611. The van der Waals surface area contributed by atoms with Gasteiger partial charge in [0.05, 0.1) is 0 Å². The molecule has 0 fully saturated rings. The standard InChI is InChI=1S/C8H7BrClNO/c9-6-4-5-2-1-3-7(5)11(12)8(6)10/h4H,1-3H2. The van der Waals surface area contributed by atoms with Gasteiger partial charge in [-0.1, -0.05) is 0 Å². The topological polar surface area (TPSA) is 26.9 Å². The molecule has 1 heterocycles. The van der Waals surface area contributed by atoms with Gasteiger partial charge in [-0.05, 0) is 46.4 Å². The smallest absolute Gasteiger partial charge is 0.300 e. The van der Waals surface area contributed by atoms with Crippen molar-refractivity contribution < 1.29 is 4.73 Å². The molecule has 0 spiro atoms. The molecule has 1 aliphatic carbocycles. The SMILES string of the molecule is [O-][n+]1c(Cl)c(Br)cc2c1CCC2. The maximum Gasteiger partial charge on any atom is 0.300 e. The number of rotatable bonds is 0. The van der Waals surface area contributed by atoms with E-state index >= 15 is 0 Å². The first-order valence-corrected chi connectivity index (χ1v) is 4.96. The van der Waals surface area contributed by atoms with Crippen LogP contribution < -0.4 is 4.73 Å². The summed E-state index contributed by atoms with van der Waals surface area (Å²) >= 11 is 9.01. The molecule has 0 saturated carbocycles. The molecule has 0 saturated heterocycles. The Hall–Kier alpha value is -0.280. The van der Waals surface area contributed by atoms with Gasteiger partial charge in [-0.3, -0.25) is 0 Å². The van der Waals surface area contributed by atoms with Crippen LogP contribution in [0.5, 0.6) is 0 Å². The third-order valence-electron chi connectivity index (χ3n) is 2.15. The summed E-state index contributed by atoms with van der Waals surface area (Å²) in [5.41, 5.74) is 1.96. The largest absolute Gasteiger partial charge is 0.617 e. The van der Waals surface area contributed by atoms with Gasteiger partial charge in [0.1, 0.15) is 4.47 Å². The van der Waals surface area contributed by atoms with E-state index in [1.54, 1.807) is 0 Å². The van der Waals surface area contributed by atoms with Crippen LogP contribution in [0.2, 0.25) is 5.15 Å². The highest BCUT2D eigenvalue weighted by atomic mass is 79.9. The van der Waals surface area contributed by atoms with Gasteiger partial charge in [-0.2, -0.15) is 4.73 Å². The number of hydrogen-bond donors (Lipinski definition) is 0. The molecule has 0 atom stereocenters. The van der Waals surface area contributed by atoms with Crippen LogP contribution in [-0.2, 0) is 12.8 Å². The van der Waals surface area contributed by atoms with Crippen molar-refractivity contribution in [3.05, 3.63) is 32.2 Å². The third kappa shape index (κ3) is 1.12. The number of fused-ring (bicyclic) bond motifs is 1. The fraction of sp³-hybridized carbons (Fsp3) is 0.375. The molecule has 64 valence electrons. The van der Waals surface area contributed by atoms with Crippen LogP contribution in [-0.4, -0.2) is 0 Å². The van der Waals surface area contributed by atoms with Crippen molar-refractivity contribution in [1.29, 1.82) is 0 Å². The van der Waals surface area contributed by atoms with Crippen molar-refractivity contribution in [2.24, 2.45) is 0 Å². The van der Waals surface area contributed by atoms with Gasteiger partial charge >= 0.3 is 5.15 Å². The summed E-state index contributed by atoms with van der Waals surface area (Å²) in [6.07, 6.45) is 2.91. The molecule has 0 N–H and O–H groups in total. The second kappa shape index (κ2) is 2.89. The van der Waals surface area contributed by atoms with Crippen LogP contribution in [0.4, 0.5) is 0 Å². The fourth-order valence-electron chi connectivity index (χ4n) is 1.57. The highest BCUT2D eigenvalue weighted by Gasteiger charge is 2.23. The molecule has 4 heteroatoms. The Morgan fingerprint density at radius 3 is 3.00 bits per heavy atom. The highest BCUT2D eigenvalue weighted by molar-refractivity contribution is 9.10. The highest BCUT2D eigenvalue weighted by Crippen LogP contribution is 2.26. The lowest BCUT2D eigenvalue weighted by Crippen LogP contribution is -2.33. The lowest BCUT2D eigenvalue weighted by atomic mass is 10.2. The zero-order valence-electron chi connectivity index (χ0n) is 6.31. The van der Waals surface area contributed by atoms with E-state index in [0.717, 1.165) is 35.3 Å². The number of nitrogens with zero attached hydrogens (tertiary/aromatic N) is 1. The van der Waals surface area contributed by atoms with E-state index in [1.807, 2.05) is 6.07 Å². The van der Waals surface area contributed by atoms with E-state index in [4.69, 9.17) is 11.6 Å². The van der Waals surface area contributed by atoms with Gasteiger partial charge in [-0.25, -0.2) is 0 Å². The van der Waals surface area contributed by atoms with Crippen molar-refractivity contribution >= 4 is 27.5 Å². The van der Waals surface area contributed by atoms with E-state index in [0.29, 0.717) is 4.47 Å². The number of aromatic nitrogens is 1. The number of pyridine rings is 1. The van der Waals surface area contributed by atoms with Gasteiger partial charge in [0, 0.05) is 12.0 Å². The maximum absolute atomic E-state index is 11.4. The van der Waals surface area contributed by atoms with Crippen molar-refractivity contribution in [1.82, 2.24) is 0 Å². The van der Waals surface area contributed by atoms with E-state index in [2.05, 4.69) is 15.9 Å². The normalized spacial score (nSPS) is 14.8. The molecule has 0 radical (unpaired) electrons. The third-order valence-corrected chi connectivity index (χ3v) is 3.34. The summed E-state index contributed by atoms with van der Waals surface area (Å²) < 4.78 is 1.52. The van der Waals surface area contributed by atoms with Gasteiger partial charge < -0.3 is 5.21 Å². The summed E-state index contributed by atoms with van der Waals surface area (Å²) in [5, 5.41) is 11.7. The first-order chi connectivity index (χ1) is 5.70. The molecule has 1 aromatic heterocycles. The van der Waals surface area contributed by atoms with Crippen molar-refractivity contribution in [2.75, 3.05) is 0 Å². The molecular weight excluding hydrogens is 241 g/mol. The van der Waals surface area contributed by atoms with Gasteiger partial charge in [0.2, 0.25) is 0 Å². The molecule has 0 amide bonds. The van der Waals surface area contributed by atoms with Crippen LogP contribution in [0.3, 0.4) is 0 Å². The van der Waals surface area contributed by atoms with Crippen LogP contribution in [0.1, 0.15) is 17.7 Å². The average Bonchev–Trinajstić information content (AvgIpc) is 2.48. The van der Waals surface area contributed by atoms with Crippen molar-refractivity contribution in [3.63, 3.8) is 0 Å². The lowest BCUT2D eigenvalue weighted by Gasteiger charge is -2.05. The number of halogens is 2. The minimum Gasteiger partial charge on any atom is -0.617 e. The van der Waals surface area contributed by atoms with Crippen LogP contribution in [0.15, 0.2) is 10.5 Å². The first-order valence-electron chi connectivity index (χ1n) is 3.79. The average molecular weight is 249 g/mol. The molecule has 0 aliphatic heterocycles. The van der Waals surface area contributed by atoms with Crippen LogP contribution in [0, 0.1) is 5.21 Å². The zero-order chi connectivity index (χ0) is 8.72. The van der Waals surface area contributed by atoms with Crippen LogP contribution in [0.25, 0.3) is 0 Å². The summed E-state index contributed by atoms with van der Waals surface area (Å²) in [6.45, 7) is 0. The van der Waals surface area contributed by atoms with E-state index in [1.165, 1.54) is 0 Å². The van der Waals surface area contributed by atoms with Crippen LogP contribution >= 0.6 is 27.5 Å². The second-order valence-corrected chi connectivity index (χ2v) is 4.12. The predicted octanol–water partition coefficient (Wildman–Crippen LogP) is 2.22. The quantitative estimate of drug-likeness (QED) is 0.393. The molecule has 2 nitrogen and oxygen atoms in total. The molecule has 0 unspecified atom stereocenters. The summed E-state index contributed by atoms with van der Waals surface area (Å²) in [6, 6.07) is 1.94. The van der Waals surface area contributed by atoms with Crippen molar-refractivity contribution in [2.45, 2.75) is 19.3 Å². The summed E-state index contributed by atoms with van der Waals surface area (Å²) in [5.74, 6) is 0. The zero-order valence-corrected chi connectivity index (χ0v) is 8.65. The molecule has 1 aromatic rings. The van der Waals surface area contributed by atoms with E-state index < -0.39 is 0 Å². The predicted molar refractivity (Wildman–Crippen MR) is 50.1 cm³/mol. The second-order valence-electron chi connectivity index (χ2n) is 2.90. The van der Waals surface area contributed by atoms with Crippen molar-refractivity contribution in [3.8, 4) is 0 Å². The number of hydrogen-bond acceptors (Lipinski definition) is 1. The van der Waals surface area contributed by atoms with E-state index in [-0.39, 0.29) is 5.15 Å². The Bertz CT molecular complexity index is 340. The monoisotopic (exact) mass is 247 g/mol. The Labute approximate surface area is 83.9 Å². The summed E-state index contributed by atoms with van der Waals surface area (Å²) in [7, 11) is 0. The Morgan fingerprint density at radius 1 is 1.50 bits per heavy atom. The number of aryl methyl sites for hydroxylation is 1. The molecule has 0 bridgehead atoms. The molecular formula is C8H7BrClNO. The van der Waals surface area contributed by atoms with Gasteiger partial charge in [0.15, 0.2) is 5.69 Å². The molecule has 12 heavy (non-hydrogen) atoms. The fourth-order valence-corrected chi connectivity index (χ4v) is 2.16. The van der Waals surface area contributed by atoms with Gasteiger partial charge in [-0.15, -0.1) is 0 Å². The van der Waals surface area contributed by atoms with Gasteiger partial charge in [0.25, 0.3) is 0 Å². The minimum atomic E-state index is 0.246. The first kappa shape index (κ1) is 8.32. The molecule has 2 rings (SSSR count). The minimum absolute atomic E-state index is 0.246. The maximum atomic E-state index is 11.4.